The van der Waals surface area contributed by atoms with E-state index in [1.165, 1.54) is 45.9 Å². The molecule has 0 bridgehead atoms. The number of fused-ring (bicyclic) bond motifs is 2. The monoisotopic (exact) mass is 571 g/mol. The molecule has 6 rings (SSSR count). The summed E-state index contributed by atoms with van der Waals surface area (Å²) < 4.78 is 53.4. The minimum absolute atomic E-state index is 0.00948. The van der Waals surface area contributed by atoms with E-state index >= 15 is 8.78 Å². The first-order chi connectivity index (χ1) is 20.2. The van der Waals surface area contributed by atoms with Crippen LogP contribution in [0.3, 0.4) is 0 Å². The van der Waals surface area contributed by atoms with Crippen LogP contribution in [-0.2, 0) is 0 Å². The van der Waals surface area contributed by atoms with E-state index in [4.69, 9.17) is 10.5 Å². The topological polar surface area (TPSA) is 114 Å². The standard InChI is InChI=1S/C30H24F3N7O2/c1-15(2)42-21-13-12-18(24(32)25(21)33)26-23-27(34)35-14-36-29(23)40(38-26)16(3)28-37-20-11-7-10-19(31)22(20)30(41)39(28)17-8-5-4-6-9-17/h4-16H,1-3H3,(H2,34,35,36). The summed E-state index contributed by atoms with van der Waals surface area (Å²) in [6.45, 7) is 5.10. The van der Waals surface area contributed by atoms with Crippen LogP contribution >= 0.6 is 0 Å². The first-order valence-corrected chi connectivity index (χ1v) is 13.1. The molecule has 0 aliphatic carbocycles. The zero-order valence-electron chi connectivity index (χ0n) is 22.7. The van der Waals surface area contributed by atoms with Crippen LogP contribution in [-0.4, -0.2) is 35.4 Å². The molecular weight excluding hydrogens is 547 g/mol. The van der Waals surface area contributed by atoms with E-state index in [1.807, 2.05) is 0 Å². The predicted molar refractivity (Wildman–Crippen MR) is 152 cm³/mol. The van der Waals surface area contributed by atoms with Crippen LogP contribution in [0.4, 0.5) is 19.0 Å². The number of rotatable bonds is 6. The van der Waals surface area contributed by atoms with Gasteiger partial charge < -0.3 is 10.5 Å². The number of para-hydroxylation sites is 1. The summed E-state index contributed by atoms with van der Waals surface area (Å²) in [6.07, 6.45) is 0.843. The number of aromatic nitrogens is 6. The van der Waals surface area contributed by atoms with Crippen molar-refractivity contribution < 1.29 is 17.9 Å². The fraction of sp³-hybridized carbons (Fsp3) is 0.167. The molecule has 3 aromatic carbocycles. The third kappa shape index (κ3) is 4.31. The summed E-state index contributed by atoms with van der Waals surface area (Å²) in [5.74, 6) is -3.12. The summed E-state index contributed by atoms with van der Waals surface area (Å²) >= 11 is 0. The maximum Gasteiger partial charge on any atom is 0.269 e. The number of benzene rings is 3. The number of nitrogens with zero attached hydrogens (tertiary/aromatic N) is 6. The van der Waals surface area contributed by atoms with Crippen molar-refractivity contribution in [1.82, 2.24) is 29.3 Å². The first kappa shape index (κ1) is 26.9. The van der Waals surface area contributed by atoms with Crippen molar-refractivity contribution in [3.8, 4) is 22.7 Å². The zero-order chi connectivity index (χ0) is 29.7. The summed E-state index contributed by atoms with van der Waals surface area (Å²) in [6, 6.07) is 14.7. The van der Waals surface area contributed by atoms with Crippen molar-refractivity contribution in [2.75, 3.05) is 5.73 Å². The van der Waals surface area contributed by atoms with Crippen molar-refractivity contribution in [3.05, 3.63) is 101 Å². The van der Waals surface area contributed by atoms with Crippen molar-refractivity contribution in [2.45, 2.75) is 32.9 Å². The van der Waals surface area contributed by atoms with Crippen LogP contribution in [0.5, 0.6) is 5.75 Å². The minimum atomic E-state index is -1.18. The number of halogens is 3. The van der Waals surface area contributed by atoms with E-state index in [1.54, 1.807) is 51.1 Å². The Kier molecular flexibility index (Phi) is 6.60. The number of anilines is 1. The molecule has 3 aromatic heterocycles. The smallest absolute Gasteiger partial charge is 0.269 e. The third-order valence-electron chi connectivity index (χ3n) is 6.81. The van der Waals surface area contributed by atoms with Gasteiger partial charge >= 0.3 is 0 Å². The van der Waals surface area contributed by atoms with E-state index in [9.17, 15) is 9.18 Å². The minimum Gasteiger partial charge on any atom is -0.488 e. The van der Waals surface area contributed by atoms with Gasteiger partial charge in [-0.1, -0.05) is 24.3 Å². The summed E-state index contributed by atoms with van der Waals surface area (Å²) in [5, 5.41) is 4.62. The van der Waals surface area contributed by atoms with E-state index < -0.39 is 29.1 Å². The number of hydrogen-bond donors (Lipinski definition) is 1. The lowest BCUT2D eigenvalue weighted by atomic mass is 10.1. The Morgan fingerprint density at radius 1 is 0.881 bits per heavy atom. The van der Waals surface area contributed by atoms with Gasteiger partial charge in [0.2, 0.25) is 5.82 Å². The maximum atomic E-state index is 15.5. The van der Waals surface area contributed by atoms with Gasteiger partial charge in [0.1, 0.15) is 40.9 Å². The van der Waals surface area contributed by atoms with Crippen molar-refractivity contribution in [2.24, 2.45) is 0 Å². The Balaban J connectivity index is 1.61. The van der Waals surface area contributed by atoms with E-state index in [0.717, 1.165) is 0 Å². The predicted octanol–water partition coefficient (Wildman–Crippen LogP) is 5.59. The van der Waals surface area contributed by atoms with Gasteiger partial charge in [0.15, 0.2) is 17.2 Å². The second-order valence-electron chi connectivity index (χ2n) is 9.91. The van der Waals surface area contributed by atoms with Gasteiger partial charge in [-0.25, -0.2) is 28.4 Å². The molecule has 1 unspecified atom stereocenters. The average Bonchev–Trinajstić information content (AvgIpc) is 3.36. The normalized spacial score (nSPS) is 12.4. The van der Waals surface area contributed by atoms with Crippen LogP contribution in [0.2, 0.25) is 0 Å². The molecule has 3 heterocycles. The molecule has 0 fully saturated rings. The van der Waals surface area contributed by atoms with E-state index in [0.29, 0.717) is 5.69 Å². The van der Waals surface area contributed by atoms with Gasteiger partial charge in [-0.05, 0) is 57.2 Å². The number of nitrogens with two attached hydrogens (primary N) is 1. The third-order valence-corrected chi connectivity index (χ3v) is 6.81. The number of nitrogen functional groups attached to an aromatic ring is 1. The summed E-state index contributed by atoms with van der Waals surface area (Å²) in [4.78, 5) is 26.8. The number of hydrogen-bond acceptors (Lipinski definition) is 7. The SMILES string of the molecule is CC(C)Oc1ccc(-c2nn(C(C)c3nc4cccc(F)c4c(=O)n3-c3ccccc3)c3ncnc(N)c23)c(F)c1F. The van der Waals surface area contributed by atoms with Gasteiger partial charge in [0, 0.05) is 5.56 Å². The van der Waals surface area contributed by atoms with Gasteiger partial charge in [-0.3, -0.25) is 9.36 Å². The van der Waals surface area contributed by atoms with Crippen molar-refractivity contribution in [1.29, 1.82) is 0 Å². The van der Waals surface area contributed by atoms with Crippen LogP contribution < -0.4 is 16.0 Å². The second kappa shape index (κ2) is 10.3. The lowest BCUT2D eigenvalue weighted by Crippen LogP contribution is -2.28. The number of ether oxygens (including phenoxy) is 1. The molecule has 42 heavy (non-hydrogen) atoms. The second-order valence-corrected chi connectivity index (χ2v) is 9.91. The van der Waals surface area contributed by atoms with Crippen molar-refractivity contribution in [3.63, 3.8) is 0 Å². The quantitative estimate of drug-likeness (QED) is 0.277. The Bertz CT molecular complexity index is 2040. The van der Waals surface area contributed by atoms with Crippen LogP contribution in [0.15, 0.2) is 71.8 Å². The molecule has 0 saturated heterocycles. The average molecular weight is 572 g/mol. The molecule has 0 spiro atoms. The molecule has 0 aliphatic rings. The Hall–Kier alpha value is -5.26. The highest BCUT2D eigenvalue weighted by molar-refractivity contribution is 5.98. The van der Waals surface area contributed by atoms with E-state index in [-0.39, 0.29) is 56.7 Å². The van der Waals surface area contributed by atoms with Gasteiger partial charge in [0.05, 0.1) is 22.7 Å². The van der Waals surface area contributed by atoms with Crippen LogP contribution in [0.25, 0.3) is 38.9 Å². The maximum absolute atomic E-state index is 15.5. The summed E-state index contributed by atoms with van der Waals surface area (Å²) in [7, 11) is 0. The molecular formula is C30H24F3N7O2. The molecule has 6 aromatic rings. The summed E-state index contributed by atoms with van der Waals surface area (Å²) in [5.41, 5.74) is 6.18. The largest absolute Gasteiger partial charge is 0.488 e. The lowest BCUT2D eigenvalue weighted by molar-refractivity contribution is 0.228. The van der Waals surface area contributed by atoms with Crippen LogP contribution in [0, 0.1) is 17.5 Å². The lowest BCUT2D eigenvalue weighted by Gasteiger charge is -2.19. The zero-order valence-corrected chi connectivity index (χ0v) is 22.7. The molecule has 212 valence electrons. The van der Waals surface area contributed by atoms with Gasteiger partial charge in [-0.15, -0.1) is 0 Å². The van der Waals surface area contributed by atoms with Gasteiger partial charge in [-0.2, -0.15) is 9.49 Å². The molecule has 0 aliphatic heterocycles. The van der Waals surface area contributed by atoms with Crippen LogP contribution in [0.1, 0.15) is 32.6 Å². The Labute approximate surface area is 237 Å². The van der Waals surface area contributed by atoms with Gasteiger partial charge in [0.25, 0.3) is 5.56 Å². The molecule has 1 atom stereocenters. The first-order valence-electron chi connectivity index (χ1n) is 13.1. The molecule has 2 N–H and O–H groups in total. The fourth-order valence-corrected chi connectivity index (χ4v) is 4.94. The molecule has 9 nitrogen and oxygen atoms in total. The highest BCUT2D eigenvalue weighted by Gasteiger charge is 2.28. The molecule has 0 radical (unpaired) electrons. The molecule has 0 saturated carbocycles. The Morgan fingerprint density at radius 3 is 2.38 bits per heavy atom. The molecule has 0 amide bonds. The van der Waals surface area contributed by atoms with Crippen molar-refractivity contribution >= 4 is 27.8 Å². The highest BCUT2D eigenvalue weighted by atomic mass is 19.2. The Morgan fingerprint density at radius 2 is 1.64 bits per heavy atom. The van der Waals surface area contributed by atoms with E-state index in [2.05, 4.69) is 20.1 Å². The highest BCUT2D eigenvalue weighted by Crippen LogP contribution is 2.37. The fourth-order valence-electron chi connectivity index (χ4n) is 4.94. The molecule has 12 heteroatoms.